The summed E-state index contributed by atoms with van der Waals surface area (Å²) in [6.45, 7) is 0. The molecule has 3 N–H and O–H groups in total. The molecule has 0 spiro atoms. The zero-order valence-corrected chi connectivity index (χ0v) is 14.5. The monoisotopic (exact) mass is 391 g/mol. The van der Waals surface area contributed by atoms with Crippen LogP contribution < -0.4 is 5.32 Å². The summed E-state index contributed by atoms with van der Waals surface area (Å²) in [4.78, 5) is 23.3. The van der Waals surface area contributed by atoms with Gasteiger partial charge in [-0.3, -0.25) is 4.79 Å². The molecule has 3 aromatic rings. The average Bonchev–Trinajstić information content (AvgIpc) is 3.08. The van der Waals surface area contributed by atoms with E-state index >= 15 is 0 Å². The summed E-state index contributed by atoms with van der Waals surface area (Å²) in [6, 6.07) is 11.6. The Morgan fingerprint density at radius 3 is 2.50 bits per heavy atom. The molecule has 3 rings (SSSR count). The molecule has 6 nitrogen and oxygen atoms in total. The maximum absolute atomic E-state index is 12.3. The summed E-state index contributed by atoms with van der Waals surface area (Å²) in [5.41, 5.74) is 0.411. The number of carbonyl (C=O) groups excluding carboxylic acids is 1. The zero-order chi connectivity index (χ0) is 18.8. The van der Waals surface area contributed by atoms with Gasteiger partial charge in [0.25, 0.3) is 5.91 Å². The van der Waals surface area contributed by atoms with Gasteiger partial charge in [-0.1, -0.05) is 23.2 Å². The Morgan fingerprint density at radius 2 is 1.77 bits per heavy atom. The normalized spacial score (nSPS) is 10.5. The number of carboxylic acids is 1. The zero-order valence-electron chi connectivity index (χ0n) is 13.0. The van der Waals surface area contributed by atoms with Crippen molar-refractivity contribution in [2.75, 3.05) is 5.32 Å². The number of carbonyl (C=O) groups is 2. The number of nitrogens with one attached hydrogen (secondary N) is 1. The van der Waals surface area contributed by atoms with E-state index in [1.54, 1.807) is 24.3 Å². The van der Waals surface area contributed by atoms with Gasteiger partial charge in [-0.2, -0.15) is 0 Å². The molecule has 8 heteroatoms. The van der Waals surface area contributed by atoms with Crippen LogP contribution in [0.4, 0.5) is 5.69 Å². The smallest absolute Gasteiger partial charge is 0.339 e. The molecule has 1 amide bonds. The maximum Gasteiger partial charge on any atom is 0.339 e. The minimum atomic E-state index is -1.31. The summed E-state index contributed by atoms with van der Waals surface area (Å²) in [7, 11) is 0. The molecule has 0 unspecified atom stereocenters. The van der Waals surface area contributed by atoms with Crippen LogP contribution in [0.15, 0.2) is 52.9 Å². The third-order valence-electron chi connectivity index (χ3n) is 3.51. The van der Waals surface area contributed by atoms with Crippen molar-refractivity contribution in [3.8, 4) is 17.1 Å². The van der Waals surface area contributed by atoms with Gasteiger partial charge in [0.05, 0.1) is 5.02 Å². The summed E-state index contributed by atoms with van der Waals surface area (Å²) in [5.74, 6) is -1.93. The van der Waals surface area contributed by atoms with Gasteiger partial charge in [0.15, 0.2) is 5.76 Å². The average molecular weight is 392 g/mol. The van der Waals surface area contributed by atoms with Crippen LogP contribution >= 0.6 is 23.2 Å². The van der Waals surface area contributed by atoms with Gasteiger partial charge < -0.3 is 19.9 Å². The van der Waals surface area contributed by atoms with Crippen molar-refractivity contribution >= 4 is 40.8 Å². The Bertz CT molecular complexity index is 1010. The van der Waals surface area contributed by atoms with Crippen molar-refractivity contribution < 1.29 is 24.2 Å². The van der Waals surface area contributed by atoms with Crippen molar-refractivity contribution in [3.05, 3.63) is 69.9 Å². The van der Waals surface area contributed by atoms with Gasteiger partial charge in [0, 0.05) is 16.3 Å². The maximum atomic E-state index is 12.3. The van der Waals surface area contributed by atoms with Crippen molar-refractivity contribution in [1.29, 1.82) is 0 Å². The van der Waals surface area contributed by atoms with Crippen molar-refractivity contribution in [2.45, 2.75) is 0 Å². The summed E-state index contributed by atoms with van der Waals surface area (Å²) >= 11 is 12.1. The molecule has 0 fully saturated rings. The lowest BCUT2D eigenvalue weighted by Gasteiger charge is -2.06. The number of phenols is 1. The fraction of sp³-hybridized carbons (Fsp3) is 0. The van der Waals surface area contributed by atoms with Gasteiger partial charge in [-0.25, -0.2) is 4.79 Å². The Morgan fingerprint density at radius 1 is 1.00 bits per heavy atom. The van der Waals surface area contributed by atoms with E-state index in [0.29, 0.717) is 21.4 Å². The molecular weight excluding hydrogens is 381 g/mol. The minimum absolute atomic E-state index is 0.000919. The number of anilines is 1. The number of aromatic carboxylic acids is 1. The number of hydrogen-bond acceptors (Lipinski definition) is 4. The third kappa shape index (κ3) is 3.66. The quantitative estimate of drug-likeness (QED) is 0.548. The molecule has 0 atom stereocenters. The Hall–Kier alpha value is -2.96. The molecule has 1 aromatic heterocycles. The highest BCUT2D eigenvalue weighted by Gasteiger charge is 2.16. The highest BCUT2D eigenvalue weighted by molar-refractivity contribution is 6.35. The fourth-order valence-electron chi connectivity index (χ4n) is 2.27. The predicted octanol–water partition coefficient (Wildman–Crippen LogP) is 4.91. The second-order valence-corrected chi connectivity index (χ2v) is 6.12. The summed E-state index contributed by atoms with van der Waals surface area (Å²) in [5, 5.41) is 21.9. The van der Waals surface area contributed by atoms with E-state index < -0.39 is 17.6 Å². The van der Waals surface area contributed by atoms with Crippen LogP contribution in [0.5, 0.6) is 5.75 Å². The van der Waals surface area contributed by atoms with Gasteiger partial charge in [-0.05, 0) is 48.5 Å². The van der Waals surface area contributed by atoms with E-state index in [2.05, 4.69) is 5.32 Å². The summed E-state index contributed by atoms with van der Waals surface area (Å²) in [6.07, 6.45) is 0. The molecule has 0 aliphatic rings. The molecule has 26 heavy (non-hydrogen) atoms. The molecule has 0 saturated heterocycles. The molecule has 0 bridgehead atoms. The van der Waals surface area contributed by atoms with Crippen LogP contribution in [-0.2, 0) is 0 Å². The first-order valence-corrected chi connectivity index (χ1v) is 8.03. The number of hydrogen-bond donors (Lipinski definition) is 3. The predicted molar refractivity (Wildman–Crippen MR) is 97.2 cm³/mol. The van der Waals surface area contributed by atoms with E-state index in [1.165, 1.54) is 18.2 Å². The minimum Gasteiger partial charge on any atom is -0.507 e. The van der Waals surface area contributed by atoms with Crippen LogP contribution in [0.25, 0.3) is 11.3 Å². The van der Waals surface area contributed by atoms with Crippen LogP contribution in [-0.4, -0.2) is 22.1 Å². The molecule has 0 aliphatic heterocycles. The van der Waals surface area contributed by atoms with Crippen LogP contribution in [0.3, 0.4) is 0 Å². The Balaban J connectivity index is 1.84. The van der Waals surface area contributed by atoms with E-state index in [0.717, 1.165) is 6.07 Å². The second-order valence-electron chi connectivity index (χ2n) is 5.28. The highest BCUT2D eigenvalue weighted by atomic mass is 35.5. The van der Waals surface area contributed by atoms with Crippen molar-refractivity contribution in [1.82, 2.24) is 0 Å². The molecule has 0 aliphatic carbocycles. The lowest BCUT2D eigenvalue weighted by Crippen LogP contribution is -2.11. The van der Waals surface area contributed by atoms with E-state index in [-0.39, 0.29) is 17.0 Å². The van der Waals surface area contributed by atoms with Gasteiger partial charge in [0.2, 0.25) is 0 Å². The van der Waals surface area contributed by atoms with E-state index in [1.807, 2.05) is 0 Å². The standard InChI is InChI=1S/C18H11Cl2NO5/c19-9-1-3-13(20)11(7-9)15-5-6-16(26-15)17(23)21-10-2-4-14(22)12(8-10)18(24)25/h1-8,22H,(H,21,23)(H,24,25). The van der Waals surface area contributed by atoms with Crippen LogP contribution in [0.2, 0.25) is 10.0 Å². The first-order valence-electron chi connectivity index (χ1n) is 7.28. The first-order chi connectivity index (χ1) is 12.3. The fourth-order valence-corrected chi connectivity index (χ4v) is 2.65. The number of halogens is 2. The molecular formula is C18H11Cl2NO5. The molecule has 1 heterocycles. The number of furan rings is 1. The van der Waals surface area contributed by atoms with Gasteiger partial charge in [-0.15, -0.1) is 0 Å². The number of carboxylic acid groups (broad SMARTS) is 1. The SMILES string of the molecule is O=C(Nc1ccc(O)c(C(=O)O)c1)c1ccc(-c2cc(Cl)ccc2Cl)o1. The van der Waals surface area contributed by atoms with Gasteiger partial charge in [0.1, 0.15) is 17.1 Å². The lowest BCUT2D eigenvalue weighted by atomic mass is 10.1. The number of aromatic hydroxyl groups is 1. The molecule has 132 valence electrons. The van der Waals surface area contributed by atoms with E-state index in [9.17, 15) is 14.7 Å². The third-order valence-corrected chi connectivity index (χ3v) is 4.07. The number of rotatable bonds is 4. The lowest BCUT2D eigenvalue weighted by molar-refractivity contribution is 0.0693. The second kappa shape index (κ2) is 7.11. The topological polar surface area (TPSA) is 99.8 Å². The first kappa shape index (κ1) is 17.8. The largest absolute Gasteiger partial charge is 0.507 e. The van der Waals surface area contributed by atoms with Crippen molar-refractivity contribution in [3.63, 3.8) is 0 Å². The Labute approximate surface area is 157 Å². The molecule has 2 aromatic carbocycles. The molecule has 0 radical (unpaired) electrons. The number of amides is 1. The Kier molecular flexibility index (Phi) is 4.88. The highest BCUT2D eigenvalue weighted by Crippen LogP contribution is 2.32. The summed E-state index contributed by atoms with van der Waals surface area (Å²) < 4.78 is 5.52. The van der Waals surface area contributed by atoms with Gasteiger partial charge >= 0.3 is 5.97 Å². The molecule has 0 saturated carbocycles. The van der Waals surface area contributed by atoms with Crippen LogP contribution in [0.1, 0.15) is 20.9 Å². The van der Waals surface area contributed by atoms with Crippen molar-refractivity contribution in [2.24, 2.45) is 0 Å². The van der Waals surface area contributed by atoms with Crippen LogP contribution in [0, 0.1) is 0 Å². The van der Waals surface area contributed by atoms with E-state index in [4.69, 9.17) is 32.7 Å². The number of benzene rings is 2.